The van der Waals surface area contributed by atoms with Gasteiger partial charge in [0.2, 0.25) is 0 Å². The van der Waals surface area contributed by atoms with Crippen molar-refractivity contribution in [1.82, 2.24) is 0 Å². The van der Waals surface area contributed by atoms with Gasteiger partial charge in [-0.1, -0.05) is 11.6 Å². The Hall–Kier alpha value is -1.95. The molecule has 1 aliphatic heterocycles. The monoisotopic (exact) mass is 285 g/mol. The summed E-state index contributed by atoms with van der Waals surface area (Å²) in [6.45, 7) is 2.16. The summed E-state index contributed by atoms with van der Waals surface area (Å²) in [5.41, 5.74) is 5.19. The molecule has 0 fully saturated rings. The number of nitrogens with two attached hydrogens (primary N) is 1. The second-order valence-electron chi connectivity index (χ2n) is 3.93. The minimum atomic E-state index is -1.01. The third kappa shape index (κ3) is 2.90. The third-order valence-electron chi connectivity index (χ3n) is 2.52. The number of halogens is 1. The molecule has 0 saturated heterocycles. The van der Waals surface area contributed by atoms with Crippen LogP contribution in [-0.4, -0.2) is 31.2 Å². The Morgan fingerprint density at radius 3 is 2.74 bits per heavy atom. The van der Waals surface area contributed by atoms with Crippen LogP contribution in [0.25, 0.3) is 0 Å². The first kappa shape index (κ1) is 13.5. The van der Waals surface area contributed by atoms with Crippen LogP contribution in [0, 0.1) is 0 Å². The van der Waals surface area contributed by atoms with E-state index in [1.165, 1.54) is 19.1 Å². The molecule has 1 aromatic carbocycles. The lowest BCUT2D eigenvalue weighted by molar-refractivity contribution is -0.125. The van der Waals surface area contributed by atoms with Crippen molar-refractivity contribution in [3.63, 3.8) is 0 Å². The highest BCUT2D eigenvalue weighted by atomic mass is 35.5. The summed E-state index contributed by atoms with van der Waals surface area (Å²) in [4.78, 5) is 22.7. The number of carbonyl (C=O) groups excluding carboxylic acids is 2. The maximum atomic E-state index is 11.8. The Morgan fingerprint density at radius 1 is 1.37 bits per heavy atom. The fourth-order valence-electron chi connectivity index (χ4n) is 1.52. The van der Waals surface area contributed by atoms with Crippen LogP contribution in [0.3, 0.4) is 0 Å². The minimum Gasteiger partial charge on any atom is -0.486 e. The molecule has 1 amide bonds. The maximum absolute atomic E-state index is 11.8. The van der Waals surface area contributed by atoms with E-state index < -0.39 is 18.0 Å². The second-order valence-corrected chi connectivity index (χ2v) is 4.34. The van der Waals surface area contributed by atoms with E-state index in [1.807, 2.05) is 0 Å². The van der Waals surface area contributed by atoms with E-state index in [1.54, 1.807) is 0 Å². The zero-order valence-electron chi connectivity index (χ0n) is 10.1. The van der Waals surface area contributed by atoms with Gasteiger partial charge in [-0.2, -0.15) is 0 Å². The molecule has 1 aromatic rings. The summed E-state index contributed by atoms with van der Waals surface area (Å²) in [6, 6.07) is 2.85. The van der Waals surface area contributed by atoms with Gasteiger partial charge in [-0.05, 0) is 19.1 Å². The van der Waals surface area contributed by atoms with Crippen molar-refractivity contribution < 1.29 is 23.8 Å². The molecule has 0 radical (unpaired) electrons. The van der Waals surface area contributed by atoms with Crippen LogP contribution >= 0.6 is 11.6 Å². The van der Waals surface area contributed by atoms with Gasteiger partial charge in [-0.3, -0.25) is 4.79 Å². The number of fused-ring (bicyclic) bond motifs is 1. The van der Waals surface area contributed by atoms with Crippen LogP contribution in [0.15, 0.2) is 12.1 Å². The molecule has 19 heavy (non-hydrogen) atoms. The quantitative estimate of drug-likeness (QED) is 0.842. The smallest absolute Gasteiger partial charge is 0.339 e. The van der Waals surface area contributed by atoms with E-state index >= 15 is 0 Å². The van der Waals surface area contributed by atoms with E-state index in [2.05, 4.69) is 0 Å². The highest BCUT2D eigenvalue weighted by molar-refractivity contribution is 6.32. The Morgan fingerprint density at radius 2 is 2.05 bits per heavy atom. The van der Waals surface area contributed by atoms with E-state index in [0.29, 0.717) is 24.7 Å². The highest BCUT2D eigenvalue weighted by Crippen LogP contribution is 2.38. The van der Waals surface area contributed by atoms with Gasteiger partial charge in [0.05, 0.1) is 10.6 Å². The molecular weight excluding hydrogens is 274 g/mol. The van der Waals surface area contributed by atoms with Gasteiger partial charge in [0.15, 0.2) is 17.6 Å². The predicted octanol–water partition coefficient (Wildman–Crippen LogP) is 1.14. The topological polar surface area (TPSA) is 87.8 Å². The number of rotatable bonds is 3. The van der Waals surface area contributed by atoms with Crippen LogP contribution in [0.2, 0.25) is 5.02 Å². The molecule has 0 saturated carbocycles. The number of amides is 1. The first-order valence-corrected chi connectivity index (χ1v) is 5.96. The lowest BCUT2D eigenvalue weighted by Crippen LogP contribution is -2.30. The lowest BCUT2D eigenvalue weighted by Gasteiger charge is -2.20. The minimum absolute atomic E-state index is 0.169. The highest BCUT2D eigenvalue weighted by Gasteiger charge is 2.22. The number of benzene rings is 1. The van der Waals surface area contributed by atoms with Gasteiger partial charge in [-0.25, -0.2) is 4.79 Å². The molecule has 7 heteroatoms. The molecule has 102 valence electrons. The Bertz CT molecular complexity index is 531. The molecule has 2 N–H and O–H groups in total. The molecule has 2 rings (SSSR count). The summed E-state index contributed by atoms with van der Waals surface area (Å²) in [7, 11) is 0. The number of primary amides is 1. The number of esters is 1. The van der Waals surface area contributed by atoms with Gasteiger partial charge < -0.3 is 19.9 Å². The summed E-state index contributed by atoms with van der Waals surface area (Å²) >= 11 is 5.99. The predicted molar refractivity (Wildman–Crippen MR) is 66.5 cm³/mol. The van der Waals surface area contributed by atoms with Crippen molar-refractivity contribution in [2.24, 2.45) is 5.73 Å². The molecule has 1 atom stereocenters. The number of ether oxygens (including phenoxy) is 3. The largest absolute Gasteiger partial charge is 0.486 e. The first-order chi connectivity index (χ1) is 8.99. The van der Waals surface area contributed by atoms with Crippen molar-refractivity contribution in [3.8, 4) is 11.5 Å². The molecule has 0 bridgehead atoms. The zero-order chi connectivity index (χ0) is 14.0. The fourth-order valence-corrected chi connectivity index (χ4v) is 1.78. The zero-order valence-corrected chi connectivity index (χ0v) is 10.9. The maximum Gasteiger partial charge on any atom is 0.339 e. The van der Waals surface area contributed by atoms with Crippen LogP contribution in [-0.2, 0) is 9.53 Å². The van der Waals surface area contributed by atoms with Crippen LogP contribution in [0.5, 0.6) is 11.5 Å². The van der Waals surface area contributed by atoms with E-state index in [4.69, 9.17) is 31.5 Å². The number of hydrogen-bond donors (Lipinski definition) is 1. The summed E-state index contributed by atoms with van der Waals surface area (Å²) < 4.78 is 15.5. The molecule has 1 aliphatic rings. The molecule has 6 nitrogen and oxygen atoms in total. The Kier molecular flexibility index (Phi) is 3.80. The Labute approximate surface area is 114 Å². The van der Waals surface area contributed by atoms with Gasteiger partial charge in [0, 0.05) is 0 Å². The van der Waals surface area contributed by atoms with Gasteiger partial charge in [-0.15, -0.1) is 0 Å². The van der Waals surface area contributed by atoms with Crippen molar-refractivity contribution >= 4 is 23.5 Å². The normalized spacial score (nSPS) is 14.6. The summed E-state index contributed by atoms with van der Waals surface area (Å²) in [6.07, 6.45) is -1.01. The van der Waals surface area contributed by atoms with Crippen LogP contribution < -0.4 is 15.2 Å². The van der Waals surface area contributed by atoms with Crippen molar-refractivity contribution in [1.29, 1.82) is 0 Å². The molecular formula is C12H12ClNO5. The van der Waals surface area contributed by atoms with Crippen molar-refractivity contribution in [2.75, 3.05) is 13.2 Å². The molecule has 0 unspecified atom stereocenters. The first-order valence-electron chi connectivity index (χ1n) is 5.58. The van der Waals surface area contributed by atoms with E-state index in [-0.39, 0.29) is 10.6 Å². The number of hydrogen-bond acceptors (Lipinski definition) is 5. The van der Waals surface area contributed by atoms with Gasteiger partial charge in [0.1, 0.15) is 13.2 Å². The standard InChI is InChI=1S/C12H12ClNO5/c1-6(11(14)15)19-12(16)7-4-8(13)10-9(5-7)17-2-3-18-10/h4-6H,2-3H2,1H3,(H2,14,15)/t6-/m0/s1. The van der Waals surface area contributed by atoms with Crippen LogP contribution in [0.1, 0.15) is 17.3 Å². The third-order valence-corrected chi connectivity index (χ3v) is 2.80. The second kappa shape index (κ2) is 5.36. The van der Waals surface area contributed by atoms with Gasteiger partial charge >= 0.3 is 5.97 Å². The fraction of sp³-hybridized carbons (Fsp3) is 0.333. The van der Waals surface area contributed by atoms with Crippen molar-refractivity contribution in [2.45, 2.75) is 13.0 Å². The van der Waals surface area contributed by atoms with Crippen molar-refractivity contribution in [3.05, 3.63) is 22.7 Å². The Balaban J connectivity index is 2.23. The molecule has 0 aliphatic carbocycles. The van der Waals surface area contributed by atoms with Gasteiger partial charge in [0.25, 0.3) is 5.91 Å². The average Bonchev–Trinajstić information content (AvgIpc) is 2.38. The van der Waals surface area contributed by atoms with E-state index in [0.717, 1.165) is 0 Å². The summed E-state index contributed by atoms with van der Waals surface area (Å²) in [5.74, 6) is -0.660. The SMILES string of the molecule is C[C@H](OC(=O)c1cc(Cl)c2c(c1)OCCO2)C(N)=O. The lowest BCUT2D eigenvalue weighted by atomic mass is 10.2. The number of carbonyl (C=O) groups is 2. The molecule has 1 heterocycles. The van der Waals surface area contributed by atoms with Crippen LogP contribution in [0.4, 0.5) is 0 Å². The molecule has 0 aromatic heterocycles. The van der Waals surface area contributed by atoms with E-state index in [9.17, 15) is 9.59 Å². The summed E-state index contributed by atoms with van der Waals surface area (Å²) in [5, 5.41) is 0.246. The molecule has 0 spiro atoms. The average molecular weight is 286 g/mol.